The zero-order chi connectivity index (χ0) is 24.2. The molecule has 0 spiro atoms. The number of carbonyl (C=O) groups excluding carboxylic acids is 1. The monoisotopic (exact) mass is 484 g/mol. The summed E-state index contributed by atoms with van der Waals surface area (Å²) in [7, 11) is -2.45. The van der Waals surface area contributed by atoms with E-state index >= 15 is 0 Å². The van der Waals surface area contributed by atoms with Gasteiger partial charge < -0.3 is 5.32 Å². The van der Waals surface area contributed by atoms with Crippen molar-refractivity contribution in [1.82, 2.24) is 14.1 Å². The molecule has 0 atom stereocenters. The first-order chi connectivity index (χ1) is 15.5. The summed E-state index contributed by atoms with van der Waals surface area (Å²) >= 11 is 0. The van der Waals surface area contributed by atoms with Gasteiger partial charge in [-0.25, -0.2) is 21.8 Å². The fraction of sp³-hybridized carbons (Fsp3) is 0.238. The van der Waals surface area contributed by atoms with Crippen LogP contribution >= 0.6 is 0 Å². The van der Waals surface area contributed by atoms with Gasteiger partial charge >= 0.3 is 6.18 Å². The molecule has 1 N–H and O–H groups in total. The Kier molecular flexibility index (Phi) is 7.18. The van der Waals surface area contributed by atoms with Crippen molar-refractivity contribution in [2.75, 3.05) is 18.9 Å². The Hall–Kier alpha value is -3.25. The number of nitrogens with one attached hydrogen (secondary N) is 1. The molecule has 3 rings (SSSR count). The summed E-state index contributed by atoms with van der Waals surface area (Å²) in [5, 5.41) is 6.29. The summed E-state index contributed by atoms with van der Waals surface area (Å²) in [6, 6.07) is 11.0. The summed E-state index contributed by atoms with van der Waals surface area (Å²) in [4.78, 5) is 12.1. The van der Waals surface area contributed by atoms with Crippen molar-refractivity contribution in [1.29, 1.82) is 0 Å². The molecule has 0 saturated carbocycles. The van der Waals surface area contributed by atoms with Gasteiger partial charge in [0.05, 0.1) is 16.8 Å². The largest absolute Gasteiger partial charge is 0.433 e. The molecule has 0 aliphatic rings. The fourth-order valence-corrected chi connectivity index (χ4v) is 4.21. The molecule has 0 aliphatic carbocycles. The Morgan fingerprint density at radius 2 is 1.70 bits per heavy atom. The third kappa shape index (κ3) is 5.96. The molecular formula is C21H20F4N4O3S. The summed E-state index contributed by atoms with van der Waals surface area (Å²) in [6.07, 6.45) is -3.27. The van der Waals surface area contributed by atoms with Crippen LogP contribution in [0.15, 0.2) is 65.7 Å². The van der Waals surface area contributed by atoms with Crippen LogP contribution in [-0.2, 0) is 21.0 Å². The first kappa shape index (κ1) is 24.4. The Labute approximate surface area is 187 Å². The highest BCUT2D eigenvalue weighted by atomic mass is 32.2. The van der Waals surface area contributed by atoms with Gasteiger partial charge in [-0.3, -0.25) is 4.79 Å². The molecule has 1 amide bonds. The maximum atomic E-state index is 13.0. The van der Waals surface area contributed by atoms with Crippen molar-refractivity contribution in [3.63, 3.8) is 0 Å². The number of alkyl halides is 3. The van der Waals surface area contributed by atoms with Gasteiger partial charge in [0.1, 0.15) is 11.5 Å². The van der Waals surface area contributed by atoms with E-state index in [0.29, 0.717) is 5.69 Å². The van der Waals surface area contributed by atoms with E-state index in [1.807, 2.05) is 0 Å². The van der Waals surface area contributed by atoms with E-state index < -0.39 is 27.7 Å². The highest BCUT2D eigenvalue weighted by Crippen LogP contribution is 2.30. The molecule has 0 aliphatic heterocycles. The smallest absolute Gasteiger partial charge is 0.326 e. The van der Waals surface area contributed by atoms with E-state index in [9.17, 15) is 30.8 Å². The second kappa shape index (κ2) is 9.71. The van der Waals surface area contributed by atoms with Crippen molar-refractivity contribution in [3.05, 3.63) is 72.3 Å². The fourth-order valence-electron chi connectivity index (χ4n) is 3.00. The Morgan fingerprint density at radius 1 is 1.06 bits per heavy atom. The van der Waals surface area contributed by atoms with E-state index in [1.54, 1.807) is 0 Å². The maximum Gasteiger partial charge on any atom is 0.433 e. The zero-order valence-electron chi connectivity index (χ0n) is 17.4. The highest BCUT2D eigenvalue weighted by molar-refractivity contribution is 7.89. The number of hydrogen-bond acceptors (Lipinski definition) is 4. The lowest BCUT2D eigenvalue weighted by molar-refractivity contribution is -0.142. The number of amides is 1. The molecule has 0 unspecified atom stereocenters. The van der Waals surface area contributed by atoms with Gasteiger partial charge in [0.25, 0.3) is 0 Å². The molecule has 0 bridgehead atoms. The molecule has 3 aromatic rings. The molecule has 33 heavy (non-hydrogen) atoms. The first-order valence-electron chi connectivity index (χ1n) is 9.72. The summed E-state index contributed by atoms with van der Waals surface area (Å²) in [5.41, 5.74) is -0.367. The lowest BCUT2D eigenvalue weighted by Gasteiger charge is -2.17. The topological polar surface area (TPSA) is 84.3 Å². The Morgan fingerprint density at radius 3 is 2.30 bits per heavy atom. The molecule has 7 nitrogen and oxygen atoms in total. The van der Waals surface area contributed by atoms with Crippen LogP contribution < -0.4 is 5.32 Å². The third-order valence-electron chi connectivity index (χ3n) is 4.73. The number of halogens is 4. The molecule has 0 saturated heterocycles. The SMILES string of the molecule is CN(CCCC(=O)Nc1ccc(-n2nccc2C(F)(F)F)cc1)S(=O)(=O)c1ccc(F)cc1. The van der Waals surface area contributed by atoms with E-state index in [1.165, 1.54) is 43.4 Å². The molecule has 2 aromatic carbocycles. The molecule has 176 valence electrons. The van der Waals surface area contributed by atoms with Crippen molar-refractivity contribution >= 4 is 21.6 Å². The number of rotatable bonds is 8. The molecule has 0 fully saturated rings. The predicted octanol–water partition coefficient (Wildman–Crippen LogP) is 4.07. The number of nitrogens with zero attached hydrogens (tertiary/aromatic N) is 3. The van der Waals surface area contributed by atoms with Crippen LogP contribution in [0.1, 0.15) is 18.5 Å². The number of sulfonamides is 1. The summed E-state index contributed by atoms with van der Waals surface area (Å²) in [6.45, 7) is 0.0611. The second-order valence-corrected chi connectivity index (χ2v) is 9.15. The van der Waals surface area contributed by atoms with E-state index in [4.69, 9.17) is 0 Å². The number of aromatic nitrogens is 2. The number of anilines is 1. The minimum absolute atomic E-state index is 0.0163. The van der Waals surface area contributed by atoms with Gasteiger partial charge in [-0.2, -0.15) is 18.3 Å². The Bertz CT molecular complexity index is 1210. The summed E-state index contributed by atoms with van der Waals surface area (Å²) in [5.74, 6) is -0.933. The quantitative estimate of drug-likeness (QED) is 0.489. The average Bonchev–Trinajstić information content (AvgIpc) is 3.25. The molecule has 0 radical (unpaired) electrons. The van der Waals surface area contributed by atoms with Crippen LogP contribution in [0.4, 0.5) is 23.2 Å². The highest BCUT2D eigenvalue weighted by Gasteiger charge is 2.35. The van der Waals surface area contributed by atoms with Crippen LogP contribution in [-0.4, -0.2) is 42.0 Å². The average molecular weight is 484 g/mol. The minimum atomic E-state index is -4.55. The van der Waals surface area contributed by atoms with Crippen molar-refractivity contribution in [2.45, 2.75) is 23.9 Å². The maximum absolute atomic E-state index is 13.0. The predicted molar refractivity (Wildman–Crippen MR) is 113 cm³/mol. The van der Waals surface area contributed by atoms with Gasteiger partial charge in [0, 0.05) is 25.7 Å². The van der Waals surface area contributed by atoms with Gasteiger partial charge in [-0.1, -0.05) is 0 Å². The molecule has 1 aromatic heterocycles. The number of benzene rings is 2. The van der Waals surface area contributed by atoms with Crippen LogP contribution in [0.25, 0.3) is 5.69 Å². The lowest BCUT2D eigenvalue weighted by atomic mass is 10.2. The minimum Gasteiger partial charge on any atom is -0.326 e. The van der Waals surface area contributed by atoms with E-state index in [-0.39, 0.29) is 35.9 Å². The molecular weight excluding hydrogens is 464 g/mol. The van der Waals surface area contributed by atoms with Gasteiger partial charge in [-0.05, 0) is 61.0 Å². The Balaban J connectivity index is 1.53. The second-order valence-electron chi connectivity index (χ2n) is 7.11. The van der Waals surface area contributed by atoms with Crippen molar-refractivity contribution in [2.24, 2.45) is 0 Å². The number of carbonyl (C=O) groups is 1. The lowest BCUT2D eigenvalue weighted by Crippen LogP contribution is -2.28. The van der Waals surface area contributed by atoms with Crippen LogP contribution in [0.5, 0.6) is 0 Å². The van der Waals surface area contributed by atoms with Gasteiger partial charge in [0.2, 0.25) is 15.9 Å². The third-order valence-corrected chi connectivity index (χ3v) is 6.60. The van der Waals surface area contributed by atoms with Crippen LogP contribution in [0.3, 0.4) is 0 Å². The zero-order valence-corrected chi connectivity index (χ0v) is 18.2. The first-order valence-corrected chi connectivity index (χ1v) is 11.2. The van der Waals surface area contributed by atoms with Crippen molar-refractivity contribution in [3.8, 4) is 5.69 Å². The normalized spacial score (nSPS) is 12.2. The standard InChI is InChI=1S/C21H20F4N4O3S/c1-28(33(31,32)18-10-4-15(22)5-11-18)14-2-3-20(30)27-16-6-8-17(9-7-16)29-19(12-13-26-29)21(23,24)25/h4-13H,2-3,14H2,1H3,(H,27,30). The number of hydrogen-bond donors (Lipinski definition) is 1. The summed E-state index contributed by atoms with van der Waals surface area (Å²) < 4.78 is 78.7. The van der Waals surface area contributed by atoms with Crippen molar-refractivity contribution < 1.29 is 30.8 Å². The van der Waals surface area contributed by atoms with Crippen LogP contribution in [0.2, 0.25) is 0 Å². The van der Waals surface area contributed by atoms with E-state index in [0.717, 1.165) is 33.4 Å². The molecule has 12 heteroatoms. The van der Waals surface area contributed by atoms with Crippen LogP contribution in [0, 0.1) is 5.82 Å². The van der Waals surface area contributed by atoms with E-state index in [2.05, 4.69) is 10.4 Å². The van der Waals surface area contributed by atoms with Gasteiger partial charge in [0.15, 0.2) is 0 Å². The van der Waals surface area contributed by atoms with Gasteiger partial charge in [-0.15, -0.1) is 0 Å². The molecule has 1 heterocycles.